The van der Waals surface area contributed by atoms with E-state index < -0.39 is 5.60 Å². The molecule has 2 amide bonds. The molecule has 2 rings (SSSR count). The zero-order valence-corrected chi connectivity index (χ0v) is 17.1. The second kappa shape index (κ2) is 9.26. The topological polar surface area (TPSA) is 67.9 Å². The van der Waals surface area contributed by atoms with E-state index in [1.165, 1.54) is 4.90 Å². The highest BCUT2D eigenvalue weighted by atomic mass is 16.6. The predicted octanol–water partition coefficient (Wildman–Crippen LogP) is 4.24. The number of amides is 2. The summed E-state index contributed by atoms with van der Waals surface area (Å²) >= 11 is 0. The molecule has 6 nitrogen and oxygen atoms in total. The Morgan fingerprint density at radius 2 is 1.71 bits per heavy atom. The molecule has 0 aliphatic heterocycles. The Hall–Kier alpha value is -3.02. The van der Waals surface area contributed by atoms with E-state index in [2.05, 4.69) is 5.32 Å². The van der Waals surface area contributed by atoms with Gasteiger partial charge in [-0.3, -0.25) is 4.79 Å². The van der Waals surface area contributed by atoms with Crippen LogP contribution in [0.1, 0.15) is 31.9 Å². The molecule has 150 valence electrons. The molecule has 0 saturated carbocycles. The van der Waals surface area contributed by atoms with Gasteiger partial charge in [-0.25, -0.2) is 4.79 Å². The molecular weight excluding hydrogens is 356 g/mol. The number of methoxy groups -OCH3 is 1. The van der Waals surface area contributed by atoms with Gasteiger partial charge in [-0.05, 0) is 56.2 Å². The Labute approximate surface area is 166 Å². The van der Waals surface area contributed by atoms with Gasteiger partial charge < -0.3 is 19.7 Å². The summed E-state index contributed by atoms with van der Waals surface area (Å²) in [6.07, 6.45) is -0.118. The van der Waals surface area contributed by atoms with Crippen molar-refractivity contribution in [3.8, 4) is 5.75 Å². The molecule has 0 spiro atoms. The lowest BCUT2D eigenvalue weighted by Gasteiger charge is -2.24. The molecule has 0 saturated heterocycles. The first-order chi connectivity index (χ1) is 13.2. The minimum atomic E-state index is -0.539. The van der Waals surface area contributed by atoms with Gasteiger partial charge in [0.05, 0.1) is 13.5 Å². The van der Waals surface area contributed by atoms with Crippen LogP contribution in [-0.2, 0) is 22.5 Å². The Bertz CT molecular complexity index is 810. The summed E-state index contributed by atoms with van der Waals surface area (Å²) in [6.45, 7) is 5.88. The van der Waals surface area contributed by atoms with Crippen LogP contribution in [0.2, 0.25) is 0 Å². The highest BCUT2D eigenvalue weighted by molar-refractivity contribution is 5.92. The van der Waals surface area contributed by atoms with E-state index >= 15 is 0 Å². The molecule has 6 heteroatoms. The molecule has 1 N–H and O–H groups in total. The van der Waals surface area contributed by atoms with Crippen LogP contribution in [0.15, 0.2) is 48.5 Å². The standard InChI is InChI=1S/C22H28N2O4/c1-22(2,3)28-21(26)24(4)15-17-7-6-8-18(13-17)23-20(25)14-16-9-11-19(27-5)12-10-16/h6-13H,14-15H2,1-5H3,(H,23,25). The highest BCUT2D eigenvalue weighted by Gasteiger charge is 2.19. The normalized spacial score (nSPS) is 10.9. The largest absolute Gasteiger partial charge is 0.497 e. The minimum absolute atomic E-state index is 0.109. The van der Waals surface area contributed by atoms with E-state index in [1.807, 2.05) is 69.3 Å². The molecule has 28 heavy (non-hydrogen) atoms. The Morgan fingerprint density at radius 3 is 2.32 bits per heavy atom. The smallest absolute Gasteiger partial charge is 0.410 e. The fourth-order valence-corrected chi connectivity index (χ4v) is 2.56. The molecule has 2 aromatic rings. The van der Waals surface area contributed by atoms with Crippen molar-refractivity contribution in [3.63, 3.8) is 0 Å². The van der Waals surface area contributed by atoms with Gasteiger partial charge in [-0.2, -0.15) is 0 Å². The summed E-state index contributed by atoms with van der Waals surface area (Å²) in [6, 6.07) is 14.8. The van der Waals surface area contributed by atoms with Crippen LogP contribution in [0.4, 0.5) is 10.5 Å². The average molecular weight is 384 g/mol. The average Bonchev–Trinajstić information content (AvgIpc) is 2.61. The molecular formula is C22H28N2O4. The van der Waals surface area contributed by atoms with E-state index in [4.69, 9.17) is 9.47 Å². The lowest BCUT2D eigenvalue weighted by atomic mass is 10.1. The number of nitrogens with one attached hydrogen (secondary N) is 1. The molecule has 0 unspecified atom stereocenters. The number of ether oxygens (including phenoxy) is 2. The maximum absolute atomic E-state index is 12.3. The predicted molar refractivity (Wildman–Crippen MR) is 109 cm³/mol. The first-order valence-electron chi connectivity index (χ1n) is 9.12. The molecule has 0 bridgehead atoms. The molecule has 0 aromatic heterocycles. The number of nitrogens with zero attached hydrogens (tertiary/aromatic N) is 1. The Balaban J connectivity index is 1.94. The summed E-state index contributed by atoms with van der Waals surface area (Å²) < 4.78 is 10.5. The van der Waals surface area contributed by atoms with Crippen molar-refractivity contribution in [2.24, 2.45) is 0 Å². The van der Waals surface area contributed by atoms with Crippen molar-refractivity contribution in [3.05, 3.63) is 59.7 Å². The van der Waals surface area contributed by atoms with Crippen LogP contribution in [0.25, 0.3) is 0 Å². The van der Waals surface area contributed by atoms with Crippen molar-refractivity contribution in [1.82, 2.24) is 4.90 Å². The Morgan fingerprint density at radius 1 is 1.04 bits per heavy atom. The van der Waals surface area contributed by atoms with Crippen LogP contribution in [0.5, 0.6) is 5.75 Å². The second-order valence-corrected chi connectivity index (χ2v) is 7.61. The first kappa shape index (κ1) is 21.3. The van der Waals surface area contributed by atoms with E-state index in [1.54, 1.807) is 14.2 Å². The third-order valence-corrected chi connectivity index (χ3v) is 3.86. The van der Waals surface area contributed by atoms with Crippen LogP contribution < -0.4 is 10.1 Å². The van der Waals surface area contributed by atoms with E-state index in [0.717, 1.165) is 16.9 Å². The summed E-state index contributed by atoms with van der Waals surface area (Å²) in [5.41, 5.74) is 1.95. The van der Waals surface area contributed by atoms with E-state index in [-0.39, 0.29) is 18.4 Å². The number of hydrogen-bond donors (Lipinski definition) is 1. The number of carbonyl (C=O) groups is 2. The quantitative estimate of drug-likeness (QED) is 0.809. The molecule has 0 heterocycles. The maximum Gasteiger partial charge on any atom is 0.410 e. The summed E-state index contributed by atoms with van der Waals surface area (Å²) in [5.74, 6) is 0.647. The zero-order valence-electron chi connectivity index (χ0n) is 17.1. The first-order valence-corrected chi connectivity index (χ1v) is 9.12. The number of benzene rings is 2. The molecule has 2 aromatic carbocycles. The molecule has 0 fully saturated rings. The van der Waals surface area contributed by atoms with Gasteiger partial charge in [0, 0.05) is 19.3 Å². The summed E-state index contributed by atoms with van der Waals surface area (Å²) in [4.78, 5) is 25.9. The van der Waals surface area contributed by atoms with Gasteiger partial charge in [0.2, 0.25) is 5.91 Å². The lowest BCUT2D eigenvalue weighted by molar-refractivity contribution is -0.115. The fourth-order valence-electron chi connectivity index (χ4n) is 2.56. The van der Waals surface area contributed by atoms with Gasteiger partial charge in [0.1, 0.15) is 11.4 Å². The maximum atomic E-state index is 12.3. The van der Waals surface area contributed by atoms with Gasteiger partial charge in [0.15, 0.2) is 0 Å². The van der Waals surface area contributed by atoms with Crippen molar-refractivity contribution >= 4 is 17.7 Å². The molecule has 0 aliphatic carbocycles. The van der Waals surface area contributed by atoms with Crippen molar-refractivity contribution in [2.75, 3.05) is 19.5 Å². The molecule has 0 aliphatic rings. The number of carbonyl (C=O) groups excluding carboxylic acids is 2. The fraction of sp³-hybridized carbons (Fsp3) is 0.364. The number of anilines is 1. The minimum Gasteiger partial charge on any atom is -0.497 e. The summed E-state index contributed by atoms with van der Waals surface area (Å²) in [5, 5.41) is 2.90. The van der Waals surface area contributed by atoms with E-state index in [0.29, 0.717) is 12.2 Å². The summed E-state index contributed by atoms with van der Waals surface area (Å²) in [7, 11) is 3.29. The Kier molecular flexibility index (Phi) is 7.04. The van der Waals surface area contributed by atoms with Gasteiger partial charge >= 0.3 is 6.09 Å². The van der Waals surface area contributed by atoms with Crippen LogP contribution in [-0.4, -0.2) is 36.7 Å². The van der Waals surface area contributed by atoms with Gasteiger partial charge in [-0.1, -0.05) is 24.3 Å². The van der Waals surface area contributed by atoms with Crippen LogP contribution in [0.3, 0.4) is 0 Å². The number of hydrogen-bond acceptors (Lipinski definition) is 4. The van der Waals surface area contributed by atoms with E-state index in [9.17, 15) is 9.59 Å². The van der Waals surface area contributed by atoms with Crippen molar-refractivity contribution in [2.45, 2.75) is 39.3 Å². The SMILES string of the molecule is COc1ccc(CC(=O)Nc2cccc(CN(C)C(=O)OC(C)(C)C)c2)cc1. The zero-order chi connectivity index (χ0) is 20.7. The van der Waals surface area contributed by atoms with Gasteiger partial charge in [0.25, 0.3) is 0 Å². The third kappa shape index (κ3) is 6.95. The van der Waals surface area contributed by atoms with Crippen LogP contribution >= 0.6 is 0 Å². The lowest BCUT2D eigenvalue weighted by Crippen LogP contribution is -2.33. The van der Waals surface area contributed by atoms with Crippen LogP contribution in [0, 0.1) is 0 Å². The monoisotopic (exact) mass is 384 g/mol. The van der Waals surface area contributed by atoms with Crippen molar-refractivity contribution in [1.29, 1.82) is 0 Å². The molecule has 0 radical (unpaired) electrons. The number of rotatable bonds is 6. The molecule has 0 atom stereocenters. The third-order valence-electron chi connectivity index (χ3n) is 3.86. The second-order valence-electron chi connectivity index (χ2n) is 7.61. The highest BCUT2D eigenvalue weighted by Crippen LogP contribution is 2.16. The van der Waals surface area contributed by atoms with Gasteiger partial charge in [-0.15, -0.1) is 0 Å². The van der Waals surface area contributed by atoms with Crippen molar-refractivity contribution < 1.29 is 19.1 Å².